The average molecular weight is 342 g/mol. The molecule has 0 aromatic heterocycles. The van der Waals surface area contributed by atoms with Crippen molar-refractivity contribution in [3.05, 3.63) is 46.7 Å². The molecule has 1 N–H and O–H groups in total. The fourth-order valence-electron chi connectivity index (χ4n) is 2.55. The smallest absolute Gasteiger partial charge is 0.416 e. The van der Waals surface area contributed by atoms with E-state index in [0.717, 1.165) is 6.07 Å². The Hall–Kier alpha value is -2.51. The molecule has 2 rings (SSSR count). The van der Waals surface area contributed by atoms with Crippen LogP contribution in [0.25, 0.3) is 0 Å². The van der Waals surface area contributed by atoms with E-state index in [-0.39, 0.29) is 23.4 Å². The first-order valence-electron chi connectivity index (χ1n) is 7.26. The van der Waals surface area contributed by atoms with Gasteiger partial charge in [-0.15, -0.1) is 0 Å². The number of rotatable bonds is 3. The number of esters is 1. The summed E-state index contributed by atoms with van der Waals surface area (Å²) in [5.41, 5.74) is -0.877. The number of ether oxygens (including phenoxy) is 1. The van der Waals surface area contributed by atoms with E-state index in [9.17, 15) is 22.8 Å². The van der Waals surface area contributed by atoms with Gasteiger partial charge in [0.25, 0.3) is 0 Å². The Morgan fingerprint density at radius 3 is 2.54 bits per heavy atom. The van der Waals surface area contributed by atoms with Crippen LogP contribution in [0.4, 0.5) is 18.0 Å². The minimum Gasteiger partial charge on any atom is -0.463 e. The van der Waals surface area contributed by atoms with Crippen molar-refractivity contribution in [2.24, 2.45) is 0 Å². The summed E-state index contributed by atoms with van der Waals surface area (Å²) in [5, 5.41) is 2.44. The molecule has 1 aliphatic rings. The Balaban J connectivity index is 2.63. The molecule has 8 heteroatoms. The van der Waals surface area contributed by atoms with Gasteiger partial charge in [0.1, 0.15) is 0 Å². The van der Waals surface area contributed by atoms with Crippen LogP contribution in [0.15, 0.2) is 35.5 Å². The van der Waals surface area contributed by atoms with E-state index in [1.54, 1.807) is 6.92 Å². The second kappa shape index (κ2) is 6.54. The Morgan fingerprint density at radius 1 is 1.33 bits per heavy atom. The van der Waals surface area contributed by atoms with E-state index in [4.69, 9.17) is 4.74 Å². The summed E-state index contributed by atoms with van der Waals surface area (Å²) in [4.78, 5) is 25.5. The van der Waals surface area contributed by atoms with Crippen molar-refractivity contribution in [2.75, 3.05) is 13.7 Å². The summed E-state index contributed by atoms with van der Waals surface area (Å²) >= 11 is 0. The second-order valence-corrected chi connectivity index (χ2v) is 5.25. The zero-order valence-corrected chi connectivity index (χ0v) is 13.4. The molecule has 0 fully saturated rings. The lowest BCUT2D eigenvalue weighted by Gasteiger charge is -2.34. The van der Waals surface area contributed by atoms with Gasteiger partial charge in [-0.25, -0.2) is 9.59 Å². The van der Waals surface area contributed by atoms with Gasteiger partial charge in [-0.2, -0.15) is 13.2 Å². The highest BCUT2D eigenvalue weighted by Crippen LogP contribution is 2.39. The number of carbonyl (C=O) groups is 2. The summed E-state index contributed by atoms with van der Waals surface area (Å²) in [7, 11) is 1.43. The van der Waals surface area contributed by atoms with Gasteiger partial charge in [0.2, 0.25) is 0 Å². The largest absolute Gasteiger partial charge is 0.463 e. The molecule has 1 aromatic carbocycles. The minimum absolute atomic E-state index is 0.0179. The summed E-state index contributed by atoms with van der Waals surface area (Å²) in [5.74, 6) is -0.760. The van der Waals surface area contributed by atoms with Crippen molar-refractivity contribution in [2.45, 2.75) is 26.1 Å². The van der Waals surface area contributed by atoms with Crippen LogP contribution >= 0.6 is 0 Å². The quantitative estimate of drug-likeness (QED) is 0.858. The summed E-state index contributed by atoms with van der Waals surface area (Å²) in [6, 6.07) is 3.01. The van der Waals surface area contributed by atoms with Crippen molar-refractivity contribution in [3.63, 3.8) is 0 Å². The van der Waals surface area contributed by atoms with Crippen molar-refractivity contribution in [3.8, 4) is 0 Å². The number of hydrogen-bond donors (Lipinski definition) is 1. The summed E-state index contributed by atoms with van der Waals surface area (Å²) in [6.07, 6.45) is -4.61. The van der Waals surface area contributed by atoms with Crippen LogP contribution in [0.3, 0.4) is 0 Å². The number of carbonyl (C=O) groups excluding carboxylic acids is 2. The van der Waals surface area contributed by atoms with Crippen LogP contribution in [0, 0.1) is 0 Å². The van der Waals surface area contributed by atoms with E-state index in [0.29, 0.717) is 0 Å². The van der Waals surface area contributed by atoms with Gasteiger partial charge in [-0.3, -0.25) is 0 Å². The van der Waals surface area contributed by atoms with Gasteiger partial charge in [-0.1, -0.05) is 18.2 Å². The molecular weight excluding hydrogens is 325 g/mol. The van der Waals surface area contributed by atoms with Crippen LogP contribution in [0.1, 0.15) is 31.0 Å². The van der Waals surface area contributed by atoms with Gasteiger partial charge < -0.3 is 15.0 Å². The maximum Gasteiger partial charge on any atom is 0.416 e. The zero-order chi connectivity index (χ0) is 18.1. The molecule has 130 valence electrons. The standard InChI is InChI=1S/C16H17F3N2O3/c1-4-24-14(22)12-9(2)21(3)15(23)20-13(12)10-7-5-6-8-11(10)16(17,18)19/h5-8,13H,4H2,1-3H3,(H,20,23). The molecule has 0 aliphatic carbocycles. The predicted octanol–water partition coefficient (Wildman–Crippen LogP) is 3.24. The van der Waals surface area contributed by atoms with Crippen LogP contribution < -0.4 is 5.32 Å². The molecule has 0 spiro atoms. The molecule has 0 saturated carbocycles. The number of alkyl halides is 3. The zero-order valence-electron chi connectivity index (χ0n) is 13.4. The second-order valence-electron chi connectivity index (χ2n) is 5.25. The number of amides is 2. The van der Waals surface area contributed by atoms with E-state index in [1.165, 1.54) is 37.1 Å². The molecule has 1 heterocycles. The predicted molar refractivity (Wildman–Crippen MR) is 79.8 cm³/mol. The highest BCUT2D eigenvalue weighted by atomic mass is 19.4. The van der Waals surface area contributed by atoms with Gasteiger partial charge in [0, 0.05) is 12.7 Å². The summed E-state index contributed by atoms with van der Waals surface area (Å²) < 4.78 is 44.8. The number of urea groups is 1. The molecule has 1 aliphatic heterocycles. The first kappa shape index (κ1) is 17.8. The molecule has 0 bridgehead atoms. The molecule has 0 radical (unpaired) electrons. The van der Waals surface area contributed by atoms with Crippen molar-refractivity contribution in [1.82, 2.24) is 10.2 Å². The normalized spacial score (nSPS) is 18.5. The van der Waals surface area contributed by atoms with Gasteiger partial charge in [-0.05, 0) is 25.5 Å². The topological polar surface area (TPSA) is 58.6 Å². The lowest BCUT2D eigenvalue weighted by molar-refractivity contribution is -0.141. The minimum atomic E-state index is -4.61. The Kier molecular flexibility index (Phi) is 4.86. The molecule has 5 nitrogen and oxygen atoms in total. The average Bonchev–Trinajstić information content (AvgIpc) is 2.51. The fourth-order valence-corrected chi connectivity index (χ4v) is 2.55. The fraction of sp³-hybridized carbons (Fsp3) is 0.375. The van der Waals surface area contributed by atoms with E-state index in [2.05, 4.69) is 5.32 Å². The highest BCUT2D eigenvalue weighted by molar-refractivity contribution is 5.95. The van der Waals surface area contributed by atoms with Crippen molar-refractivity contribution < 1.29 is 27.5 Å². The number of nitrogens with zero attached hydrogens (tertiary/aromatic N) is 1. The number of benzene rings is 1. The first-order valence-corrected chi connectivity index (χ1v) is 7.26. The van der Waals surface area contributed by atoms with E-state index >= 15 is 0 Å². The van der Waals surface area contributed by atoms with E-state index < -0.39 is 29.8 Å². The molecule has 1 atom stereocenters. The van der Waals surface area contributed by atoms with Gasteiger partial charge in [0.15, 0.2) is 0 Å². The van der Waals surface area contributed by atoms with Gasteiger partial charge >= 0.3 is 18.2 Å². The lowest BCUT2D eigenvalue weighted by atomic mass is 9.91. The molecule has 24 heavy (non-hydrogen) atoms. The van der Waals surface area contributed by atoms with Crippen molar-refractivity contribution in [1.29, 1.82) is 0 Å². The molecule has 1 aromatic rings. The Labute approximate surface area is 137 Å². The van der Waals surface area contributed by atoms with Crippen LogP contribution in [0.5, 0.6) is 0 Å². The van der Waals surface area contributed by atoms with E-state index in [1.807, 2.05) is 0 Å². The number of allylic oxidation sites excluding steroid dienone is 1. The lowest BCUT2D eigenvalue weighted by Crippen LogP contribution is -2.46. The van der Waals surface area contributed by atoms with Gasteiger partial charge in [0.05, 0.1) is 23.8 Å². The van der Waals surface area contributed by atoms with Crippen LogP contribution in [-0.4, -0.2) is 30.6 Å². The third-order valence-corrected chi connectivity index (χ3v) is 3.83. The molecule has 1 unspecified atom stereocenters. The van der Waals surface area contributed by atoms with Crippen LogP contribution in [0.2, 0.25) is 0 Å². The molecule has 2 amide bonds. The molecular formula is C16H17F3N2O3. The maximum absolute atomic E-state index is 13.3. The SMILES string of the molecule is CCOC(=O)C1=C(C)N(C)C(=O)NC1c1ccccc1C(F)(F)F. The highest BCUT2D eigenvalue weighted by Gasteiger charge is 2.40. The maximum atomic E-state index is 13.3. The molecule has 0 saturated heterocycles. The third kappa shape index (κ3) is 3.22. The first-order chi connectivity index (χ1) is 11.2. The number of hydrogen-bond acceptors (Lipinski definition) is 3. The number of nitrogens with one attached hydrogen (secondary N) is 1. The van der Waals surface area contributed by atoms with Crippen LogP contribution in [-0.2, 0) is 15.7 Å². The third-order valence-electron chi connectivity index (χ3n) is 3.83. The monoisotopic (exact) mass is 342 g/mol. The van der Waals surface area contributed by atoms with Crippen molar-refractivity contribution >= 4 is 12.0 Å². The number of halogens is 3. The Morgan fingerprint density at radius 2 is 1.96 bits per heavy atom. The Bertz CT molecular complexity index is 698. The summed E-state index contributed by atoms with van der Waals surface area (Å²) in [6.45, 7) is 3.16.